The van der Waals surface area contributed by atoms with E-state index in [1.165, 1.54) is 24.3 Å². The normalized spacial score (nSPS) is 10.8. The van der Waals surface area contributed by atoms with E-state index in [9.17, 15) is 8.78 Å². The number of benzene rings is 2. The van der Waals surface area contributed by atoms with Gasteiger partial charge in [-0.1, -0.05) is 0 Å². The average Bonchev–Trinajstić information content (AvgIpc) is 2.97. The molecule has 4 heteroatoms. The monoisotopic (exact) mass is 284 g/mol. The Kier molecular flexibility index (Phi) is 3.54. The van der Waals surface area contributed by atoms with Gasteiger partial charge >= 0.3 is 0 Å². The molecule has 106 valence electrons. The van der Waals surface area contributed by atoms with Gasteiger partial charge in [0.25, 0.3) is 0 Å². The van der Waals surface area contributed by atoms with Crippen molar-refractivity contribution in [3.63, 3.8) is 0 Å². The Bertz CT molecular complexity index is 761. The summed E-state index contributed by atoms with van der Waals surface area (Å²) in [7, 11) is 0. The lowest BCUT2D eigenvalue weighted by molar-refractivity contribution is 0.626. The third-order valence-corrected chi connectivity index (χ3v) is 3.34. The smallest absolute Gasteiger partial charge is 0.124 e. The molecule has 0 fully saturated rings. The molecular weight excluding hydrogens is 270 g/mol. The fourth-order valence-corrected chi connectivity index (χ4v) is 2.28. The summed E-state index contributed by atoms with van der Waals surface area (Å²) in [4.78, 5) is 0. The molecule has 2 nitrogen and oxygen atoms in total. The summed E-state index contributed by atoms with van der Waals surface area (Å²) >= 11 is 0. The second-order valence-corrected chi connectivity index (χ2v) is 4.84. The van der Waals surface area contributed by atoms with E-state index in [1.54, 1.807) is 12.1 Å². The van der Waals surface area contributed by atoms with Gasteiger partial charge in [-0.15, -0.1) is 0 Å². The minimum atomic E-state index is -0.303. The van der Waals surface area contributed by atoms with Crippen LogP contribution in [0.15, 0.2) is 60.9 Å². The van der Waals surface area contributed by atoms with Gasteiger partial charge in [0, 0.05) is 24.6 Å². The van der Waals surface area contributed by atoms with Crippen LogP contribution < -0.4 is 5.73 Å². The van der Waals surface area contributed by atoms with Gasteiger partial charge in [-0.05, 0) is 65.2 Å². The standard InChI is InChI=1S/C17H14F2N2/c18-15-1-3-17(4-2-15)21-6-5-13(11-21)14-7-12(10-20)8-16(19)9-14/h1-9,11H,10,20H2. The maximum absolute atomic E-state index is 13.6. The highest BCUT2D eigenvalue weighted by atomic mass is 19.1. The summed E-state index contributed by atoms with van der Waals surface area (Å²) in [5, 5.41) is 0. The van der Waals surface area contributed by atoms with Gasteiger partial charge in [-0.3, -0.25) is 0 Å². The molecule has 21 heavy (non-hydrogen) atoms. The van der Waals surface area contributed by atoms with Crippen LogP contribution in [0.1, 0.15) is 5.56 Å². The van der Waals surface area contributed by atoms with E-state index >= 15 is 0 Å². The van der Waals surface area contributed by atoms with Gasteiger partial charge in [-0.2, -0.15) is 0 Å². The topological polar surface area (TPSA) is 30.9 Å². The summed E-state index contributed by atoms with van der Waals surface area (Å²) in [5.74, 6) is -0.577. The molecule has 0 radical (unpaired) electrons. The Morgan fingerprint density at radius 1 is 0.857 bits per heavy atom. The molecule has 0 amide bonds. The first-order chi connectivity index (χ1) is 10.2. The highest BCUT2D eigenvalue weighted by Crippen LogP contribution is 2.24. The minimum absolute atomic E-state index is 0.274. The molecule has 0 spiro atoms. The summed E-state index contributed by atoms with van der Waals surface area (Å²) < 4.78 is 28.4. The van der Waals surface area contributed by atoms with Crippen molar-refractivity contribution in [2.75, 3.05) is 0 Å². The van der Waals surface area contributed by atoms with Crippen molar-refractivity contribution >= 4 is 0 Å². The van der Waals surface area contributed by atoms with Crippen LogP contribution in [0, 0.1) is 11.6 Å². The maximum atomic E-state index is 13.6. The van der Waals surface area contributed by atoms with Crippen molar-refractivity contribution in [1.82, 2.24) is 4.57 Å². The number of halogens is 2. The Labute approximate surface area is 121 Å². The highest BCUT2D eigenvalue weighted by molar-refractivity contribution is 5.64. The van der Waals surface area contributed by atoms with E-state index in [2.05, 4.69) is 0 Å². The number of hydrogen-bond donors (Lipinski definition) is 1. The largest absolute Gasteiger partial charge is 0.326 e. The molecule has 2 N–H and O–H groups in total. The number of rotatable bonds is 3. The fraction of sp³-hybridized carbons (Fsp3) is 0.0588. The van der Waals surface area contributed by atoms with Crippen molar-refractivity contribution in [3.8, 4) is 16.8 Å². The van der Waals surface area contributed by atoms with E-state index in [1.807, 2.05) is 29.1 Å². The molecule has 3 aromatic rings. The highest BCUT2D eigenvalue weighted by Gasteiger charge is 2.05. The van der Waals surface area contributed by atoms with Gasteiger partial charge in [0.15, 0.2) is 0 Å². The van der Waals surface area contributed by atoms with Crippen molar-refractivity contribution < 1.29 is 8.78 Å². The lowest BCUT2D eigenvalue weighted by Gasteiger charge is -2.04. The number of nitrogens with two attached hydrogens (primary N) is 1. The molecule has 1 heterocycles. The van der Waals surface area contributed by atoms with Gasteiger partial charge in [0.05, 0.1) is 0 Å². The van der Waals surface area contributed by atoms with E-state index in [0.717, 1.165) is 22.4 Å². The van der Waals surface area contributed by atoms with Crippen LogP contribution in [0.4, 0.5) is 8.78 Å². The number of aromatic nitrogens is 1. The molecule has 0 aliphatic heterocycles. The summed E-state index contributed by atoms with van der Waals surface area (Å²) in [6.45, 7) is 0.295. The SMILES string of the molecule is NCc1cc(F)cc(-c2ccn(-c3ccc(F)cc3)c2)c1. The summed E-state index contributed by atoms with van der Waals surface area (Å²) in [6.07, 6.45) is 3.73. The van der Waals surface area contributed by atoms with Crippen LogP contribution >= 0.6 is 0 Å². The molecule has 0 aliphatic rings. The van der Waals surface area contributed by atoms with Crippen LogP contribution in [0.2, 0.25) is 0 Å². The van der Waals surface area contributed by atoms with Gasteiger partial charge in [0.1, 0.15) is 11.6 Å². The lowest BCUT2D eigenvalue weighted by atomic mass is 10.1. The predicted octanol–water partition coefficient (Wildman–Crippen LogP) is 3.88. The van der Waals surface area contributed by atoms with Crippen molar-refractivity contribution in [1.29, 1.82) is 0 Å². The molecule has 0 atom stereocenters. The fourth-order valence-electron chi connectivity index (χ4n) is 2.28. The van der Waals surface area contributed by atoms with Crippen molar-refractivity contribution in [2.45, 2.75) is 6.54 Å². The zero-order chi connectivity index (χ0) is 14.8. The Hall–Kier alpha value is -2.46. The van der Waals surface area contributed by atoms with Crippen LogP contribution in [-0.4, -0.2) is 4.57 Å². The van der Waals surface area contributed by atoms with Crippen LogP contribution in [0.3, 0.4) is 0 Å². The zero-order valence-electron chi connectivity index (χ0n) is 11.3. The molecule has 0 saturated heterocycles. The third-order valence-electron chi connectivity index (χ3n) is 3.34. The van der Waals surface area contributed by atoms with Crippen LogP contribution in [0.25, 0.3) is 16.8 Å². The zero-order valence-corrected chi connectivity index (χ0v) is 11.3. The van der Waals surface area contributed by atoms with E-state index in [4.69, 9.17) is 5.73 Å². The molecule has 0 aliphatic carbocycles. The van der Waals surface area contributed by atoms with E-state index < -0.39 is 0 Å². The van der Waals surface area contributed by atoms with E-state index in [0.29, 0.717) is 6.54 Å². The van der Waals surface area contributed by atoms with Gasteiger partial charge in [-0.25, -0.2) is 8.78 Å². The second-order valence-electron chi connectivity index (χ2n) is 4.84. The molecule has 0 unspecified atom stereocenters. The molecule has 0 saturated carbocycles. The molecular formula is C17H14F2N2. The molecule has 0 bridgehead atoms. The summed E-state index contributed by atoms with van der Waals surface area (Å²) in [5.41, 5.74) is 8.82. The molecule has 3 rings (SSSR count). The second kappa shape index (κ2) is 5.50. The van der Waals surface area contributed by atoms with Gasteiger partial charge in [0.2, 0.25) is 0 Å². The first kappa shape index (κ1) is 13.5. The first-order valence-corrected chi connectivity index (χ1v) is 6.59. The Morgan fingerprint density at radius 3 is 2.33 bits per heavy atom. The van der Waals surface area contributed by atoms with Crippen LogP contribution in [0.5, 0.6) is 0 Å². The number of hydrogen-bond acceptors (Lipinski definition) is 1. The minimum Gasteiger partial charge on any atom is -0.326 e. The lowest BCUT2D eigenvalue weighted by Crippen LogP contribution is -1.97. The number of nitrogens with zero attached hydrogens (tertiary/aromatic N) is 1. The molecule has 2 aromatic carbocycles. The first-order valence-electron chi connectivity index (χ1n) is 6.59. The van der Waals surface area contributed by atoms with Crippen molar-refractivity contribution in [2.24, 2.45) is 5.73 Å². The van der Waals surface area contributed by atoms with E-state index in [-0.39, 0.29) is 11.6 Å². The van der Waals surface area contributed by atoms with Crippen LogP contribution in [-0.2, 0) is 6.54 Å². The quantitative estimate of drug-likeness (QED) is 0.777. The predicted molar refractivity (Wildman–Crippen MR) is 79.0 cm³/mol. The Balaban J connectivity index is 1.98. The third kappa shape index (κ3) is 2.85. The Morgan fingerprint density at radius 2 is 1.62 bits per heavy atom. The summed E-state index contributed by atoms with van der Waals surface area (Å²) in [6, 6.07) is 12.9. The maximum Gasteiger partial charge on any atom is 0.124 e. The molecule has 1 aromatic heterocycles. The van der Waals surface area contributed by atoms with Crippen molar-refractivity contribution in [3.05, 3.63) is 78.1 Å². The average molecular weight is 284 g/mol. The van der Waals surface area contributed by atoms with Gasteiger partial charge < -0.3 is 10.3 Å².